The predicted octanol–water partition coefficient (Wildman–Crippen LogP) is 3.81. The van der Waals surface area contributed by atoms with Crippen LogP contribution in [0.25, 0.3) is 21.5 Å². The number of benzene rings is 2. The Morgan fingerprint density at radius 2 is 1.81 bits per heavy atom. The standard InChI is InChI=1S/C21H19N5S/c22-21-24-9-8-17(26-21)14-6-7-18-19(10-14)27-20(25-18)16-12-23-11-15(16)13-4-2-1-3-5-13/h1-10,15-16,23H,11-12H2,(H2,22,24,26). The van der Waals surface area contributed by atoms with Crippen molar-refractivity contribution in [2.45, 2.75) is 11.8 Å². The first-order valence-corrected chi connectivity index (χ1v) is 9.84. The van der Waals surface area contributed by atoms with E-state index in [0.29, 0.717) is 17.8 Å². The van der Waals surface area contributed by atoms with E-state index >= 15 is 0 Å². The van der Waals surface area contributed by atoms with Crippen LogP contribution in [0.3, 0.4) is 0 Å². The smallest absolute Gasteiger partial charge is 0.220 e. The fourth-order valence-electron chi connectivity index (χ4n) is 3.78. The Morgan fingerprint density at radius 3 is 2.67 bits per heavy atom. The molecule has 0 saturated carbocycles. The van der Waals surface area contributed by atoms with Gasteiger partial charge in [-0.05, 0) is 23.8 Å². The van der Waals surface area contributed by atoms with Gasteiger partial charge in [0.15, 0.2) is 0 Å². The number of hydrogen-bond acceptors (Lipinski definition) is 6. The summed E-state index contributed by atoms with van der Waals surface area (Å²) < 4.78 is 1.18. The fourth-order valence-corrected chi connectivity index (χ4v) is 4.96. The third-order valence-electron chi connectivity index (χ3n) is 5.13. The molecule has 27 heavy (non-hydrogen) atoms. The van der Waals surface area contributed by atoms with Gasteiger partial charge in [0.2, 0.25) is 5.95 Å². The highest BCUT2D eigenvalue weighted by atomic mass is 32.1. The monoisotopic (exact) mass is 373 g/mol. The van der Waals surface area contributed by atoms with Crippen molar-refractivity contribution >= 4 is 27.5 Å². The molecule has 1 aliphatic rings. The molecule has 2 atom stereocenters. The minimum absolute atomic E-state index is 0.292. The number of thiazole rings is 1. The molecule has 2 unspecified atom stereocenters. The lowest BCUT2D eigenvalue weighted by Gasteiger charge is -2.16. The second-order valence-electron chi connectivity index (χ2n) is 6.82. The first kappa shape index (κ1) is 16.4. The highest BCUT2D eigenvalue weighted by Crippen LogP contribution is 2.39. The summed E-state index contributed by atoms with van der Waals surface area (Å²) in [5.41, 5.74) is 10.0. The number of nitrogen functional groups attached to an aromatic ring is 1. The zero-order valence-electron chi connectivity index (χ0n) is 14.7. The van der Waals surface area contributed by atoms with E-state index in [4.69, 9.17) is 10.7 Å². The van der Waals surface area contributed by atoms with Gasteiger partial charge in [0.25, 0.3) is 0 Å². The van der Waals surface area contributed by atoms with Gasteiger partial charge in [0.1, 0.15) is 0 Å². The van der Waals surface area contributed by atoms with Gasteiger partial charge in [-0.2, -0.15) is 0 Å². The molecule has 0 amide bonds. The van der Waals surface area contributed by atoms with Crippen molar-refractivity contribution < 1.29 is 0 Å². The second kappa shape index (κ2) is 6.72. The third kappa shape index (κ3) is 3.07. The van der Waals surface area contributed by atoms with Crippen LogP contribution < -0.4 is 11.1 Å². The highest BCUT2D eigenvalue weighted by molar-refractivity contribution is 7.18. The van der Waals surface area contributed by atoms with Gasteiger partial charge in [-0.1, -0.05) is 36.4 Å². The van der Waals surface area contributed by atoms with Gasteiger partial charge in [0.05, 0.1) is 20.9 Å². The molecule has 0 aliphatic carbocycles. The van der Waals surface area contributed by atoms with Crippen LogP contribution >= 0.6 is 11.3 Å². The van der Waals surface area contributed by atoms with E-state index in [9.17, 15) is 0 Å². The molecular weight excluding hydrogens is 354 g/mol. The molecule has 0 radical (unpaired) electrons. The summed E-state index contributed by atoms with van der Waals surface area (Å²) in [5, 5.41) is 4.74. The SMILES string of the molecule is Nc1nccc(-c2ccc3nc(C4CNCC4c4ccccc4)sc3c2)n1. The van der Waals surface area contributed by atoms with Crippen LogP contribution in [0.1, 0.15) is 22.4 Å². The van der Waals surface area contributed by atoms with Crippen molar-refractivity contribution in [3.05, 3.63) is 71.4 Å². The maximum absolute atomic E-state index is 5.73. The molecule has 2 aromatic carbocycles. The van der Waals surface area contributed by atoms with Crippen LogP contribution in [-0.4, -0.2) is 28.0 Å². The number of anilines is 1. The molecule has 1 aliphatic heterocycles. The molecular formula is C21H19N5S. The third-order valence-corrected chi connectivity index (χ3v) is 6.28. The average Bonchev–Trinajstić information content (AvgIpc) is 3.35. The van der Waals surface area contributed by atoms with E-state index in [2.05, 4.69) is 63.8 Å². The zero-order valence-corrected chi connectivity index (χ0v) is 15.5. The number of fused-ring (bicyclic) bond motifs is 1. The van der Waals surface area contributed by atoms with E-state index in [-0.39, 0.29) is 0 Å². The zero-order chi connectivity index (χ0) is 18.2. The van der Waals surface area contributed by atoms with E-state index in [0.717, 1.165) is 29.9 Å². The molecule has 134 valence electrons. The molecule has 3 heterocycles. The Balaban J connectivity index is 1.51. The lowest BCUT2D eigenvalue weighted by Crippen LogP contribution is -2.08. The lowest BCUT2D eigenvalue weighted by atomic mass is 9.89. The summed E-state index contributed by atoms with van der Waals surface area (Å²) >= 11 is 1.78. The number of aromatic nitrogens is 3. The fraction of sp³-hybridized carbons (Fsp3) is 0.190. The maximum atomic E-state index is 5.73. The normalized spacial score (nSPS) is 19.6. The molecule has 5 rings (SSSR count). The quantitative estimate of drug-likeness (QED) is 0.571. The topological polar surface area (TPSA) is 76.7 Å². The van der Waals surface area contributed by atoms with Crippen molar-refractivity contribution in [1.29, 1.82) is 0 Å². The van der Waals surface area contributed by atoms with Gasteiger partial charge in [0, 0.05) is 36.7 Å². The molecule has 5 nitrogen and oxygen atoms in total. The van der Waals surface area contributed by atoms with Crippen molar-refractivity contribution in [2.24, 2.45) is 0 Å². The molecule has 0 bridgehead atoms. The van der Waals surface area contributed by atoms with Crippen molar-refractivity contribution in [3.63, 3.8) is 0 Å². The van der Waals surface area contributed by atoms with Crippen LogP contribution in [-0.2, 0) is 0 Å². The molecule has 0 spiro atoms. The summed E-state index contributed by atoms with van der Waals surface area (Å²) in [7, 11) is 0. The van der Waals surface area contributed by atoms with Crippen LogP contribution in [0.2, 0.25) is 0 Å². The van der Waals surface area contributed by atoms with Crippen molar-refractivity contribution in [2.75, 3.05) is 18.8 Å². The molecule has 3 N–H and O–H groups in total. The minimum atomic E-state index is 0.292. The van der Waals surface area contributed by atoms with Gasteiger partial charge >= 0.3 is 0 Å². The molecule has 2 aromatic heterocycles. The number of nitrogens with zero attached hydrogens (tertiary/aromatic N) is 3. The average molecular weight is 373 g/mol. The molecule has 1 fully saturated rings. The number of nitrogens with one attached hydrogen (secondary N) is 1. The lowest BCUT2D eigenvalue weighted by molar-refractivity contribution is 0.663. The maximum Gasteiger partial charge on any atom is 0.220 e. The van der Waals surface area contributed by atoms with Gasteiger partial charge in [-0.25, -0.2) is 15.0 Å². The summed E-state index contributed by atoms with van der Waals surface area (Å²) in [5.74, 6) is 1.16. The summed E-state index contributed by atoms with van der Waals surface area (Å²) in [6, 6.07) is 18.9. The molecule has 1 saturated heterocycles. The summed E-state index contributed by atoms with van der Waals surface area (Å²) in [6.07, 6.45) is 1.69. The highest BCUT2D eigenvalue weighted by Gasteiger charge is 2.31. The van der Waals surface area contributed by atoms with Crippen LogP contribution in [0.4, 0.5) is 5.95 Å². The Bertz CT molecular complexity index is 1090. The molecule has 6 heteroatoms. The van der Waals surface area contributed by atoms with Gasteiger partial charge in [-0.3, -0.25) is 0 Å². The van der Waals surface area contributed by atoms with Crippen LogP contribution in [0.5, 0.6) is 0 Å². The number of nitrogens with two attached hydrogens (primary N) is 1. The van der Waals surface area contributed by atoms with E-state index in [1.807, 2.05) is 6.07 Å². The van der Waals surface area contributed by atoms with E-state index in [1.165, 1.54) is 15.3 Å². The first-order valence-electron chi connectivity index (χ1n) is 9.03. The Labute approximate surface area is 161 Å². The van der Waals surface area contributed by atoms with Crippen LogP contribution in [0.15, 0.2) is 60.8 Å². The van der Waals surface area contributed by atoms with Crippen molar-refractivity contribution in [3.8, 4) is 11.3 Å². The molecule has 4 aromatic rings. The second-order valence-corrected chi connectivity index (χ2v) is 7.88. The van der Waals surface area contributed by atoms with E-state index in [1.54, 1.807) is 17.5 Å². The van der Waals surface area contributed by atoms with Gasteiger partial charge in [-0.15, -0.1) is 11.3 Å². The summed E-state index contributed by atoms with van der Waals surface area (Å²) in [4.78, 5) is 13.2. The Kier molecular flexibility index (Phi) is 4.07. The largest absolute Gasteiger partial charge is 0.368 e. The first-order chi connectivity index (χ1) is 13.3. The predicted molar refractivity (Wildman–Crippen MR) is 110 cm³/mol. The summed E-state index contributed by atoms with van der Waals surface area (Å²) in [6.45, 7) is 1.96. The van der Waals surface area contributed by atoms with Crippen molar-refractivity contribution in [1.82, 2.24) is 20.3 Å². The minimum Gasteiger partial charge on any atom is -0.368 e. The van der Waals surface area contributed by atoms with Crippen LogP contribution in [0, 0.1) is 0 Å². The van der Waals surface area contributed by atoms with Gasteiger partial charge < -0.3 is 11.1 Å². The Morgan fingerprint density at radius 1 is 0.963 bits per heavy atom. The number of rotatable bonds is 3. The Hall–Kier alpha value is -2.83. The number of hydrogen-bond donors (Lipinski definition) is 2. The van der Waals surface area contributed by atoms with E-state index < -0.39 is 0 Å².